The Kier molecular flexibility index (Phi) is 5.19. The number of aryl methyl sites for hydroxylation is 1. The van der Waals surface area contributed by atoms with Crippen molar-refractivity contribution in [3.8, 4) is 0 Å². The molecule has 1 fully saturated rings. The van der Waals surface area contributed by atoms with Gasteiger partial charge in [-0.3, -0.25) is 4.90 Å². The second-order valence-electron chi connectivity index (χ2n) is 5.03. The second kappa shape index (κ2) is 6.68. The average Bonchev–Trinajstić information content (AvgIpc) is 3.05. The fraction of sp³-hybridized carbons (Fsp3) is 0.786. The minimum absolute atomic E-state index is 0.619. The maximum atomic E-state index is 5.80. The van der Waals surface area contributed by atoms with E-state index in [4.69, 9.17) is 10.7 Å². The van der Waals surface area contributed by atoms with Crippen molar-refractivity contribution >= 4 is 16.5 Å². The normalized spacial score (nSPS) is 19.6. The van der Waals surface area contributed by atoms with Crippen molar-refractivity contribution in [1.82, 2.24) is 9.88 Å². The Bertz CT molecular complexity index is 379. The Labute approximate surface area is 120 Å². The van der Waals surface area contributed by atoms with Gasteiger partial charge in [-0.25, -0.2) is 4.98 Å². The number of likely N-dealkylation sites (N-methyl/N-ethyl adjacent to an activating group) is 1. The van der Waals surface area contributed by atoms with E-state index in [1.54, 1.807) is 11.3 Å². The molecule has 2 N–H and O–H groups in total. The maximum Gasteiger partial charge on any atom is 0.185 e. The third kappa shape index (κ3) is 3.09. The molecule has 2 heterocycles. The van der Waals surface area contributed by atoms with Crippen LogP contribution >= 0.6 is 11.3 Å². The van der Waals surface area contributed by atoms with Crippen LogP contribution in [0.5, 0.6) is 0 Å². The van der Waals surface area contributed by atoms with E-state index in [9.17, 15) is 0 Å². The van der Waals surface area contributed by atoms with E-state index in [1.165, 1.54) is 22.1 Å². The molecule has 1 saturated heterocycles. The zero-order valence-electron chi connectivity index (χ0n) is 12.4. The molecule has 19 heavy (non-hydrogen) atoms. The van der Waals surface area contributed by atoms with E-state index >= 15 is 0 Å². The first-order valence-corrected chi connectivity index (χ1v) is 8.22. The zero-order valence-corrected chi connectivity index (χ0v) is 13.2. The van der Waals surface area contributed by atoms with E-state index in [-0.39, 0.29) is 0 Å². The Balaban J connectivity index is 2.06. The van der Waals surface area contributed by atoms with Crippen molar-refractivity contribution in [3.05, 3.63) is 10.6 Å². The third-order valence-corrected chi connectivity index (χ3v) is 5.23. The number of hydrogen-bond donors (Lipinski definition) is 1. The summed E-state index contributed by atoms with van der Waals surface area (Å²) in [4.78, 5) is 11.0. The van der Waals surface area contributed by atoms with Crippen LogP contribution in [0, 0.1) is 0 Å². The van der Waals surface area contributed by atoms with Gasteiger partial charge in [-0.2, -0.15) is 0 Å². The van der Waals surface area contributed by atoms with Crippen LogP contribution in [0.25, 0.3) is 0 Å². The molecular formula is C14H26N4S. The van der Waals surface area contributed by atoms with Crippen LogP contribution < -0.4 is 10.6 Å². The van der Waals surface area contributed by atoms with Crippen LogP contribution in [0.15, 0.2) is 0 Å². The quantitative estimate of drug-likeness (QED) is 0.868. The highest BCUT2D eigenvalue weighted by atomic mass is 32.1. The number of nitrogens with two attached hydrogens (primary N) is 1. The van der Waals surface area contributed by atoms with Gasteiger partial charge in [-0.15, -0.1) is 11.3 Å². The van der Waals surface area contributed by atoms with Crippen LogP contribution in [0.4, 0.5) is 5.13 Å². The van der Waals surface area contributed by atoms with Gasteiger partial charge in [0.2, 0.25) is 0 Å². The number of thiazole rings is 1. The molecule has 0 saturated carbocycles. The summed E-state index contributed by atoms with van der Waals surface area (Å²) in [6.45, 7) is 11.8. The Morgan fingerprint density at radius 2 is 2.11 bits per heavy atom. The van der Waals surface area contributed by atoms with Crippen LogP contribution in [-0.4, -0.2) is 42.1 Å². The Hall–Kier alpha value is -0.650. The molecule has 0 amide bonds. The Morgan fingerprint density at radius 3 is 2.63 bits per heavy atom. The number of nitrogens with zero attached hydrogens (tertiary/aromatic N) is 3. The summed E-state index contributed by atoms with van der Waals surface area (Å²) in [7, 11) is 0. The highest BCUT2D eigenvalue weighted by Crippen LogP contribution is 2.30. The van der Waals surface area contributed by atoms with Crippen molar-refractivity contribution in [2.75, 3.05) is 31.1 Å². The number of rotatable bonds is 6. The van der Waals surface area contributed by atoms with Crippen molar-refractivity contribution in [1.29, 1.82) is 0 Å². The first-order chi connectivity index (χ1) is 9.23. The molecule has 108 valence electrons. The lowest BCUT2D eigenvalue weighted by Crippen LogP contribution is -2.37. The Morgan fingerprint density at radius 1 is 1.37 bits per heavy atom. The van der Waals surface area contributed by atoms with Crippen LogP contribution in [0.2, 0.25) is 0 Å². The molecule has 0 bridgehead atoms. The summed E-state index contributed by atoms with van der Waals surface area (Å²) in [5.41, 5.74) is 6.99. The van der Waals surface area contributed by atoms with Gasteiger partial charge in [0.15, 0.2) is 5.13 Å². The molecule has 0 aliphatic carbocycles. The van der Waals surface area contributed by atoms with Gasteiger partial charge < -0.3 is 10.6 Å². The van der Waals surface area contributed by atoms with Crippen molar-refractivity contribution in [2.24, 2.45) is 5.73 Å². The van der Waals surface area contributed by atoms with Gasteiger partial charge in [-0.05, 0) is 25.9 Å². The lowest BCUT2D eigenvalue weighted by Gasteiger charge is -2.25. The van der Waals surface area contributed by atoms with E-state index in [0.29, 0.717) is 12.6 Å². The van der Waals surface area contributed by atoms with Crippen LogP contribution in [0.3, 0.4) is 0 Å². The molecule has 0 spiro atoms. The third-order valence-electron chi connectivity index (χ3n) is 4.05. The van der Waals surface area contributed by atoms with Gasteiger partial charge in [0, 0.05) is 30.6 Å². The molecule has 4 nitrogen and oxygen atoms in total. The largest absolute Gasteiger partial charge is 0.346 e. The fourth-order valence-electron chi connectivity index (χ4n) is 2.89. The fourth-order valence-corrected chi connectivity index (χ4v) is 3.96. The lowest BCUT2D eigenvalue weighted by molar-refractivity contribution is 0.232. The molecule has 5 heteroatoms. The maximum absolute atomic E-state index is 5.80. The van der Waals surface area contributed by atoms with Gasteiger partial charge in [-0.1, -0.05) is 20.8 Å². The summed E-state index contributed by atoms with van der Waals surface area (Å²) < 4.78 is 0. The van der Waals surface area contributed by atoms with Crippen molar-refractivity contribution < 1.29 is 0 Å². The highest BCUT2D eigenvalue weighted by Gasteiger charge is 2.28. The van der Waals surface area contributed by atoms with Gasteiger partial charge in [0.1, 0.15) is 0 Å². The van der Waals surface area contributed by atoms with E-state index in [1.807, 2.05) is 0 Å². The van der Waals surface area contributed by atoms with E-state index in [0.717, 1.165) is 32.6 Å². The molecule has 1 atom stereocenters. The molecular weight excluding hydrogens is 256 g/mol. The van der Waals surface area contributed by atoms with Crippen LogP contribution in [0.1, 0.15) is 37.8 Å². The van der Waals surface area contributed by atoms with Gasteiger partial charge >= 0.3 is 0 Å². The summed E-state index contributed by atoms with van der Waals surface area (Å²) >= 11 is 1.78. The SMILES string of the molecule is CCc1nc(N2CCC(N(CC)CC)C2)sc1CN. The summed E-state index contributed by atoms with van der Waals surface area (Å²) in [5.74, 6) is 0. The molecule has 2 rings (SSSR count). The molecule has 1 aromatic rings. The summed E-state index contributed by atoms with van der Waals surface area (Å²) in [5, 5.41) is 1.17. The van der Waals surface area contributed by atoms with E-state index in [2.05, 4.69) is 30.6 Å². The molecule has 1 aliphatic rings. The minimum Gasteiger partial charge on any atom is -0.346 e. The topological polar surface area (TPSA) is 45.4 Å². The molecule has 1 aliphatic heterocycles. The molecule has 0 aromatic carbocycles. The lowest BCUT2D eigenvalue weighted by atomic mass is 10.2. The smallest absolute Gasteiger partial charge is 0.185 e. The number of aromatic nitrogens is 1. The monoisotopic (exact) mass is 282 g/mol. The van der Waals surface area contributed by atoms with Crippen molar-refractivity contribution in [2.45, 2.75) is 46.2 Å². The van der Waals surface area contributed by atoms with E-state index < -0.39 is 0 Å². The molecule has 1 aromatic heterocycles. The number of anilines is 1. The summed E-state index contributed by atoms with van der Waals surface area (Å²) in [6.07, 6.45) is 2.23. The minimum atomic E-state index is 0.619. The molecule has 0 radical (unpaired) electrons. The number of hydrogen-bond acceptors (Lipinski definition) is 5. The van der Waals surface area contributed by atoms with Gasteiger partial charge in [0.25, 0.3) is 0 Å². The highest BCUT2D eigenvalue weighted by molar-refractivity contribution is 7.15. The standard InChI is InChI=1S/C14H26N4S/c1-4-12-13(9-15)19-14(16-12)18-8-7-11(10-18)17(5-2)6-3/h11H,4-10,15H2,1-3H3. The molecule has 1 unspecified atom stereocenters. The predicted octanol–water partition coefficient (Wildman–Crippen LogP) is 2.08. The first kappa shape index (κ1) is 14.8. The van der Waals surface area contributed by atoms with Gasteiger partial charge in [0.05, 0.1) is 5.69 Å². The summed E-state index contributed by atoms with van der Waals surface area (Å²) in [6, 6.07) is 0.685. The van der Waals surface area contributed by atoms with Crippen molar-refractivity contribution in [3.63, 3.8) is 0 Å². The second-order valence-corrected chi connectivity index (χ2v) is 6.10. The van der Waals surface area contributed by atoms with Crippen LogP contribution in [-0.2, 0) is 13.0 Å². The zero-order chi connectivity index (χ0) is 13.8. The average molecular weight is 282 g/mol. The first-order valence-electron chi connectivity index (χ1n) is 7.41. The predicted molar refractivity (Wildman–Crippen MR) is 82.9 cm³/mol.